The van der Waals surface area contributed by atoms with Crippen molar-refractivity contribution in [1.29, 1.82) is 0 Å². The quantitative estimate of drug-likeness (QED) is 0.362. The van der Waals surface area contributed by atoms with Gasteiger partial charge in [0.25, 0.3) is 0 Å². The van der Waals surface area contributed by atoms with E-state index in [9.17, 15) is 4.79 Å². The Labute approximate surface area is 214 Å². The monoisotopic (exact) mass is 508 g/mol. The second kappa shape index (κ2) is 9.84. The molecule has 2 heterocycles. The third kappa shape index (κ3) is 4.71. The number of H-pyrrole nitrogens is 1. The summed E-state index contributed by atoms with van der Waals surface area (Å²) in [5.41, 5.74) is 4.09. The van der Waals surface area contributed by atoms with Gasteiger partial charge in [0.15, 0.2) is 0 Å². The zero-order valence-corrected chi connectivity index (χ0v) is 20.9. The highest BCUT2D eigenvalue weighted by molar-refractivity contribution is 6.31. The van der Waals surface area contributed by atoms with Gasteiger partial charge in [-0.25, -0.2) is 4.79 Å². The number of ether oxygens (including phenoxy) is 2. The molecule has 35 heavy (non-hydrogen) atoms. The van der Waals surface area contributed by atoms with Gasteiger partial charge in [-0.15, -0.1) is 0 Å². The van der Waals surface area contributed by atoms with Crippen molar-refractivity contribution in [3.63, 3.8) is 0 Å². The first kappa shape index (κ1) is 23.6. The number of nitrogens with one attached hydrogen (secondary N) is 1. The molecule has 0 radical (unpaired) electrons. The van der Waals surface area contributed by atoms with E-state index in [1.165, 1.54) is 5.56 Å². The van der Waals surface area contributed by atoms with Gasteiger partial charge in [-0.1, -0.05) is 54.9 Å². The molecule has 5 rings (SSSR count). The molecule has 3 aromatic rings. The maximum absolute atomic E-state index is 13.5. The third-order valence-electron chi connectivity index (χ3n) is 6.51. The van der Waals surface area contributed by atoms with Gasteiger partial charge in [0.1, 0.15) is 24.2 Å². The van der Waals surface area contributed by atoms with Gasteiger partial charge in [-0.2, -0.15) is 0 Å². The molecule has 1 N–H and O–H groups in total. The minimum absolute atomic E-state index is 0.120. The lowest BCUT2D eigenvalue weighted by molar-refractivity contribution is 0.109. The second-order valence-corrected chi connectivity index (χ2v) is 9.75. The molecule has 1 aliphatic carbocycles. The van der Waals surface area contributed by atoms with Crippen molar-refractivity contribution in [3.05, 3.63) is 99.9 Å². The normalized spacial score (nSPS) is 19.6. The third-order valence-corrected chi connectivity index (χ3v) is 7.25. The van der Waals surface area contributed by atoms with E-state index in [1.54, 1.807) is 23.1 Å². The number of hydrogen-bond acceptors (Lipinski definition) is 3. The first-order valence-corrected chi connectivity index (χ1v) is 12.4. The molecular formula is C28H26Cl2N2O3. The molecule has 0 saturated heterocycles. The summed E-state index contributed by atoms with van der Waals surface area (Å²) in [5.74, 6) is 1.48. The average Bonchev–Trinajstić information content (AvgIpc) is 3.22. The van der Waals surface area contributed by atoms with Crippen LogP contribution in [-0.2, 0) is 11.2 Å². The molecule has 1 amide bonds. The number of rotatable bonds is 5. The molecular weight excluding hydrogens is 483 g/mol. The lowest BCUT2D eigenvalue weighted by Gasteiger charge is -2.35. The SMILES string of the molecule is C=CCOc1ccc(C2c3[nH]c4ccc(Cl)cc4c3CCN2C(=O)OC2=CC=C(Cl)C(C)C2)cc1. The molecule has 1 aromatic heterocycles. The maximum Gasteiger partial charge on any atom is 0.415 e. The number of hydrogen-bond donors (Lipinski definition) is 1. The van der Waals surface area contributed by atoms with Crippen LogP contribution in [0.25, 0.3) is 10.9 Å². The summed E-state index contributed by atoms with van der Waals surface area (Å²) in [6.07, 6.45) is 6.19. The number of nitrogens with zero attached hydrogens (tertiary/aromatic N) is 1. The number of carbonyl (C=O) groups excluding carboxylic acids is 1. The van der Waals surface area contributed by atoms with E-state index in [0.717, 1.165) is 32.9 Å². The summed E-state index contributed by atoms with van der Waals surface area (Å²) in [4.78, 5) is 18.8. The molecule has 0 fully saturated rings. The largest absolute Gasteiger partial charge is 0.490 e. The van der Waals surface area contributed by atoms with E-state index in [2.05, 4.69) is 11.6 Å². The second-order valence-electron chi connectivity index (χ2n) is 8.88. The molecule has 7 heteroatoms. The summed E-state index contributed by atoms with van der Waals surface area (Å²) in [5, 5.41) is 2.53. The number of carbonyl (C=O) groups is 1. The van der Waals surface area contributed by atoms with Crippen LogP contribution in [0.2, 0.25) is 5.02 Å². The van der Waals surface area contributed by atoms with E-state index in [1.807, 2.05) is 49.4 Å². The highest BCUT2D eigenvalue weighted by Crippen LogP contribution is 2.40. The van der Waals surface area contributed by atoms with Gasteiger partial charge in [0.05, 0.1) is 0 Å². The van der Waals surface area contributed by atoms with Crippen molar-refractivity contribution in [2.24, 2.45) is 5.92 Å². The topological polar surface area (TPSA) is 54.6 Å². The van der Waals surface area contributed by atoms with E-state index in [-0.39, 0.29) is 18.1 Å². The summed E-state index contributed by atoms with van der Waals surface area (Å²) < 4.78 is 11.5. The zero-order chi connectivity index (χ0) is 24.5. The Morgan fingerprint density at radius 3 is 2.74 bits per heavy atom. The summed E-state index contributed by atoms with van der Waals surface area (Å²) >= 11 is 12.5. The number of allylic oxidation sites excluding steroid dienone is 4. The number of aromatic amines is 1. The van der Waals surface area contributed by atoms with Gasteiger partial charge in [0, 0.05) is 39.6 Å². The van der Waals surface area contributed by atoms with E-state index < -0.39 is 0 Å². The summed E-state index contributed by atoms with van der Waals surface area (Å²) in [7, 11) is 0. The van der Waals surface area contributed by atoms with Crippen molar-refractivity contribution in [2.75, 3.05) is 13.2 Å². The predicted molar refractivity (Wildman–Crippen MR) is 140 cm³/mol. The Bertz CT molecular complexity index is 1340. The smallest absolute Gasteiger partial charge is 0.415 e. The highest BCUT2D eigenvalue weighted by atomic mass is 35.5. The van der Waals surface area contributed by atoms with Crippen LogP contribution in [0.3, 0.4) is 0 Å². The lowest BCUT2D eigenvalue weighted by Crippen LogP contribution is -2.41. The van der Waals surface area contributed by atoms with Crippen LogP contribution < -0.4 is 4.74 Å². The van der Waals surface area contributed by atoms with Gasteiger partial charge < -0.3 is 14.5 Å². The molecule has 0 spiro atoms. The van der Waals surface area contributed by atoms with Crippen LogP contribution in [0, 0.1) is 5.92 Å². The van der Waals surface area contributed by atoms with Gasteiger partial charge >= 0.3 is 6.09 Å². The van der Waals surface area contributed by atoms with Crippen LogP contribution in [0.5, 0.6) is 5.75 Å². The predicted octanol–water partition coefficient (Wildman–Crippen LogP) is 7.52. The molecule has 0 saturated carbocycles. The summed E-state index contributed by atoms with van der Waals surface area (Å²) in [6, 6.07) is 13.3. The summed E-state index contributed by atoms with van der Waals surface area (Å²) in [6.45, 7) is 6.66. The Hall–Kier alpha value is -3.15. The van der Waals surface area contributed by atoms with Gasteiger partial charge in [0.2, 0.25) is 0 Å². The fourth-order valence-corrected chi connectivity index (χ4v) is 5.07. The number of aromatic nitrogens is 1. The fourth-order valence-electron chi connectivity index (χ4n) is 4.76. The molecule has 2 unspecified atom stereocenters. The van der Waals surface area contributed by atoms with E-state index in [0.29, 0.717) is 36.8 Å². The standard InChI is InChI=1S/C28H26Cl2N2O3/c1-3-14-34-20-7-4-18(5-8-20)27-26-22(23-16-19(29)6-11-25(23)31-26)12-13-32(27)28(33)35-21-9-10-24(30)17(2)15-21/h3-11,16-17,27,31H,1,12-15H2,2H3. The van der Waals surface area contributed by atoms with Crippen molar-refractivity contribution in [3.8, 4) is 5.75 Å². The number of benzene rings is 2. The highest BCUT2D eigenvalue weighted by Gasteiger charge is 2.36. The van der Waals surface area contributed by atoms with Crippen LogP contribution in [0.15, 0.2) is 78.1 Å². The van der Waals surface area contributed by atoms with Crippen LogP contribution in [0.1, 0.15) is 36.2 Å². The van der Waals surface area contributed by atoms with Crippen molar-refractivity contribution in [2.45, 2.75) is 25.8 Å². The molecule has 1 aliphatic heterocycles. The van der Waals surface area contributed by atoms with Gasteiger partial charge in [-0.3, -0.25) is 4.90 Å². The molecule has 2 aliphatic rings. The van der Waals surface area contributed by atoms with Crippen LogP contribution >= 0.6 is 23.2 Å². The van der Waals surface area contributed by atoms with Crippen LogP contribution in [0.4, 0.5) is 4.79 Å². The Balaban J connectivity index is 1.52. The first-order chi connectivity index (χ1) is 16.9. The number of amides is 1. The molecule has 2 aromatic carbocycles. The van der Waals surface area contributed by atoms with Crippen molar-refractivity contribution >= 4 is 40.2 Å². The lowest BCUT2D eigenvalue weighted by atomic mass is 9.92. The zero-order valence-electron chi connectivity index (χ0n) is 19.4. The first-order valence-electron chi connectivity index (χ1n) is 11.6. The van der Waals surface area contributed by atoms with Crippen molar-refractivity contribution in [1.82, 2.24) is 9.88 Å². The number of halogens is 2. The molecule has 0 bridgehead atoms. The van der Waals surface area contributed by atoms with Gasteiger partial charge in [-0.05, 0) is 65.9 Å². The van der Waals surface area contributed by atoms with Crippen molar-refractivity contribution < 1.29 is 14.3 Å². The average molecular weight is 509 g/mol. The Kier molecular flexibility index (Phi) is 6.63. The molecule has 2 atom stereocenters. The Morgan fingerprint density at radius 1 is 1.20 bits per heavy atom. The Morgan fingerprint density at radius 2 is 2.00 bits per heavy atom. The fraction of sp³-hybridized carbons (Fsp3) is 0.250. The molecule has 180 valence electrons. The van der Waals surface area contributed by atoms with Crippen LogP contribution in [-0.4, -0.2) is 29.1 Å². The number of fused-ring (bicyclic) bond motifs is 3. The minimum Gasteiger partial charge on any atom is -0.490 e. The molecule has 5 nitrogen and oxygen atoms in total. The maximum atomic E-state index is 13.5. The minimum atomic E-state index is -0.380. The van der Waals surface area contributed by atoms with E-state index in [4.69, 9.17) is 32.7 Å². The van der Waals surface area contributed by atoms with E-state index >= 15 is 0 Å².